The highest BCUT2D eigenvalue weighted by Gasteiger charge is 2.22. The second-order valence-corrected chi connectivity index (χ2v) is 7.67. The van der Waals surface area contributed by atoms with E-state index in [0.29, 0.717) is 6.54 Å². The van der Waals surface area contributed by atoms with Crippen LogP contribution in [0.1, 0.15) is 24.0 Å². The van der Waals surface area contributed by atoms with Crippen molar-refractivity contribution in [1.82, 2.24) is 29.4 Å². The number of nitrogens with zero attached hydrogens (tertiary/aromatic N) is 5. The molecule has 1 aliphatic rings. The van der Waals surface area contributed by atoms with Gasteiger partial charge in [-0.05, 0) is 18.2 Å². The van der Waals surface area contributed by atoms with Gasteiger partial charge >= 0.3 is 0 Å². The third-order valence-electron chi connectivity index (χ3n) is 5.50. The van der Waals surface area contributed by atoms with Crippen molar-refractivity contribution in [3.05, 3.63) is 77.9 Å². The Kier molecular flexibility index (Phi) is 4.80. The van der Waals surface area contributed by atoms with Gasteiger partial charge in [0.15, 0.2) is 0 Å². The van der Waals surface area contributed by atoms with Gasteiger partial charge in [-0.15, -0.1) is 0 Å². The van der Waals surface area contributed by atoms with Crippen LogP contribution in [0, 0.1) is 0 Å². The Morgan fingerprint density at radius 3 is 2.77 bits per heavy atom. The van der Waals surface area contributed by atoms with Crippen LogP contribution in [0.2, 0.25) is 0 Å². The van der Waals surface area contributed by atoms with Crippen molar-refractivity contribution >= 4 is 11.6 Å². The second-order valence-electron chi connectivity index (χ2n) is 7.67. The van der Waals surface area contributed by atoms with Crippen LogP contribution < -0.4 is 5.32 Å². The number of carbonyl (C=O) groups excluding carboxylic acids is 1. The maximum atomic E-state index is 11.2. The van der Waals surface area contributed by atoms with E-state index in [1.165, 1.54) is 18.3 Å². The van der Waals surface area contributed by atoms with E-state index in [1.54, 1.807) is 0 Å². The smallest absolute Gasteiger partial charge is 0.217 e. The summed E-state index contributed by atoms with van der Waals surface area (Å²) in [5.74, 6) is -0.0383. The monoisotopic (exact) mass is 400 g/mol. The van der Waals surface area contributed by atoms with E-state index in [9.17, 15) is 4.79 Å². The summed E-state index contributed by atoms with van der Waals surface area (Å²) in [5.41, 5.74) is 6.41. The first-order valence-corrected chi connectivity index (χ1v) is 10.2. The summed E-state index contributed by atoms with van der Waals surface area (Å²) in [4.78, 5) is 18.5. The zero-order chi connectivity index (χ0) is 20.5. The molecule has 1 N–H and O–H groups in total. The van der Waals surface area contributed by atoms with E-state index in [0.717, 1.165) is 48.8 Å². The van der Waals surface area contributed by atoms with Gasteiger partial charge in [-0.2, -0.15) is 5.10 Å². The number of nitrogens with one attached hydrogen (secondary N) is 1. The Labute approximate surface area is 175 Å². The van der Waals surface area contributed by atoms with Crippen LogP contribution in [0.3, 0.4) is 0 Å². The van der Waals surface area contributed by atoms with Crippen molar-refractivity contribution in [3.8, 4) is 11.3 Å². The molecule has 3 aromatic heterocycles. The van der Waals surface area contributed by atoms with Crippen LogP contribution in [-0.2, 0) is 31.0 Å². The number of amides is 1. The van der Waals surface area contributed by atoms with Gasteiger partial charge in [0.1, 0.15) is 5.65 Å². The van der Waals surface area contributed by atoms with E-state index in [1.807, 2.05) is 18.2 Å². The normalized spacial score (nSPS) is 14.0. The summed E-state index contributed by atoms with van der Waals surface area (Å²) < 4.78 is 4.25. The van der Waals surface area contributed by atoms with E-state index < -0.39 is 0 Å². The van der Waals surface area contributed by atoms with Gasteiger partial charge in [-0.1, -0.05) is 36.4 Å². The first-order chi connectivity index (χ1) is 14.7. The average Bonchev–Trinajstić information content (AvgIpc) is 3.34. The summed E-state index contributed by atoms with van der Waals surface area (Å²) in [6.07, 6.45) is 2.09. The summed E-state index contributed by atoms with van der Waals surface area (Å²) in [5, 5.41) is 7.45. The van der Waals surface area contributed by atoms with E-state index in [-0.39, 0.29) is 5.91 Å². The molecule has 5 rings (SSSR count). The largest absolute Gasteiger partial charge is 0.351 e. The quantitative estimate of drug-likeness (QED) is 0.559. The molecule has 7 heteroatoms. The molecule has 0 bridgehead atoms. The molecule has 0 saturated heterocycles. The molecule has 152 valence electrons. The van der Waals surface area contributed by atoms with Crippen molar-refractivity contribution < 1.29 is 4.79 Å². The molecular formula is C23H24N6O. The zero-order valence-electron chi connectivity index (χ0n) is 17.0. The number of carbonyl (C=O) groups is 1. The minimum Gasteiger partial charge on any atom is -0.351 e. The number of imidazole rings is 1. The molecule has 30 heavy (non-hydrogen) atoms. The van der Waals surface area contributed by atoms with Crippen molar-refractivity contribution in [3.63, 3.8) is 0 Å². The molecule has 0 unspecified atom stereocenters. The van der Waals surface area contributed by atoms with Gasteiger partial charge in [0.25, 0.3) is 0 Å². The third-order valence-corrected chi connectivity index (χ3v) is 5.50. The van der Waals surface area contributed by atoms with Gasteiger partial charge in [-0.25, -0.2) is 4.98 Å². The molecule has 1 amide bonds. The Bertz CT molecular complexity index is 1190. The number of fused-ring (bicyclic) bond motifs is 2. The molecule has 4 heterocycles. The predicted octanol–water partition coefficient (Wildman–Crippen LogP) is 2.85. The molecule has 1 aliphatic heterocycles. The Hall–Kier alpha value is -3.45. The van der Waals surface area contributed by atoms with Crippen LogP contribution in [0.4, 0.5) is 0 Å². The number of hydrogen-bond acceptors (Lipinski definition) is 4. The van der Waals surface area contributed by atoms with Crippen molar-refractivity contribution in [1.29, 1.82) is 0 Å². The molecule has 4 aromatic rings. The molecule has 1 aromatic carbocycles. The lowest BCUT2D eigenvalue weighted by Gasteiger charge is -2.27. The second kappa shape index (κ2) is 7.76. The minimum absolute atomic E-state index is 0.0383. The molecule has 0 fully saturated rings. The lowest BCUT2D eigenvalue weighted by atomic mass is 10.1. The third kappa shape index (κ3) is 3.59. The van der Waals surface area contributed by atoms with E-state index >= 15 is 0 Å². The Morgan fingerprint density at radius 2 is 1.93 bits per heavy atom. The molecule has 0 aliphatic carbocycles. The van der Waals surface area contributed by atoms with E-state index in [4.69, 9.17) is 4.98 Å². The fourth-order valence-electron chi connectivity index (χ4n) is 4.05. The Balaban J connectivity index is 1.42. The lowest BCUT2D eigenvalue weighted by molar-refractivity contribution is -0.119. The van der Waals surface area contributed by atoms with E-state index in [2.05, 4.69) is 67.0 Å². The number of benzene rings is 1. The Morgan fingerprint density at radius 1 is 1.10 bits per heavy atom. The first kappa shape index (κ1) is 18.6. The van der Waals surface area contributed by atoms with Gasteiger partial charge in [-0.3, -0.25) is 14.4 Å². The van der Waals surface area contributed by atoms with Crippen molar-refractivity contribution in [2.24, 2.45) is 0 Å². The summed E-state index contributed by atoms with van der Waals surface area (Å²) >= 11 is 0. The average molecular weight is 400 g/mol. The summed E-state index contributed by atoms with van der Waals surface area (Å²) in [6, 6.07) is 18.6. The van der Waals surface area contributed by atoms with Gasteiger partial charge < -0.3 is 9.72 Å². The first-order valence-electron chi connectivity index (χ1n) is 10.2. The van der Waals surface area contributed by atoms with Gasteiger partial charge in [0.05, 0.1) is 35.9 Å². The highest BCUT2D eigenvalue weighted by molar-refractivity contribution is 5.72. The molecule has 0 saturated carbocycles. The summed E-state index contributed by atoms with van der Waals surface area (Å²) in [6.45, 7) is 5.39. The zero-order valence-corrected chi connectivity index (χ0v) is 17.0. The SMILES string of the molecule is CC(=O)NCc1cc2n(n1)CCN(Cc1c(-c3ccccc3)nc3ccccn13)C2. The van der Waals surface area contributed by atoms with Crippen LogP contribution in [0.25, 0.3) is 16.9 Å². The molecule has 0 spiro atoms. The molecule has 0 radical (unpaired) electrons. The lowest BCUT2D eigenvalue weighted by Crippen LogP contribution is -2.33. The topological polar surface area (TPSA) is 67.5 Å². The fourth-order valence-corrected chi connectivity index (χ4v) is 4.05. The molecule has 0 atom stereocenters. The fraction of sp³-hybridized carbons (Fsp3) is 0.261. The number of hydrogen-bond donors (Lipinski definition) is 1. The maximum Gasteiger partial charge on any atom is 0.217 e. The van der Waals surface area contributed by atoms with Crippen LogP contribution in [0.5, 0.6) is 0 Å². The number of rotatable bonds is 5. The maximum absolute atomic E-state index is 11.2. The number of pyridine rings is 1. The van der Waals surface area contributed by atoms with Gasteiger partial charge in [0.2, 0.25) is 5.91 Å². The molecule has 7 nitrogen and oxygen atoms in total. The predicted molar refractivity (Wildman–Crippen MR) is 114 cm³/mol. The van der Waals surface area contributed by atoms with Gasteiger partial charge in [0, 0.05) is 38.3 Å². The highest BCUT2D eigenvalue weighted by Crippen LogP contribution is 2.27. The van der Waals surface area contributed by atoms with Crippen LogP contribution in [0.15, 0.2) is 60.8 Å². The number of aromatic nitrogens is 4. The summed E-state index contributed by atoms with van der Waals surface area (Å²) in [7, 11) is 0. The van der Waals surface area contributed by atoms with Crippen LogP contribution >= 0.6 is 0 Å². The standard InChI is InChI=1S/C23H24N6O/c1-17(30)24-14-19-13-20-15-27(11-12-29(20)26-19)16-21-23(18-7-3-2-4-8-18)25-22-9-5-6-10-28(21)22/h2-10,13H,11-12,14-16H2,1H3,(H,24,30). The minimum atomic E-state index is -0.0383. The van der Waals surface area contributed by atoms with Crippen LogP contribution in [-0.4, -0.2) is 36.5 Å². The van der Waals surface area contributed by atoms with Crippen molar-refractivity contribution in [2.75, 3.05) is 6.54 Å². The molecular weight excluding hydrogens is 376 g/mol. The highest BCUT2D eigenvalue weighted by atomic mass is 16.1. The van der Waals surface area contributed by atoms with Crippen molar-refractivity contribution in [2.45, 2.75) is 33.1 Å².